The molecule has 0 radical (unpaired) electrons. The molecule has 0 unspecified atom stereocenters. The van der Waals surface area contributed by atoms with Crippen LogP contribution in [0.4, 0.5) is 5.69 Å². The van der Waals surface area contributed by atoms with Gasteiger partial charge in [0.25, 0.3) is 5.91 Å². The first-order valence-corrected chi connectivity index (χ1v) is 7.26. The van der Waals surface area contributed by atoms with Gasteiger partial charge in [-0.15, -0.1) is 0 Å². The molecule has 0 atom stereocenters. The second-order valence-corrected chi connectivity index (χ2v) is 4.97. The number of nitrogens with one attached hydrogen (secondary N) is 2. The molecule has 1 heterocycles. The number of carbonyl (C=O) groups is 2. The number of anilines is 1. The van der Waals surface area contributed by atoms with Crippen LogP contribution >= 0.6 is 0 Å². The largest absolute Gasteiger partial charge is 0.497 e. The number of hydrogen-bond acceptors (Lipinski definition) is 5. The van der Waals surface area contributed by atoms with E-state index >= 15 is 0 Å². The Bertz CT molecular complexity index is 746. The van der Waals surface area contributed by atoms with E-state index in [4.69, 9.17) is 9.47 Å². The lowest BCUT2D eigenvalue weighted by atomic mass is 10.2. The third-order valence-corrected chi connectivity index (χ3v) is 3.25. The van der Waals surface area contributed by atoms with E-state index in [9.17, 15) is 9.59 Å². The van der Waals surface area contributed by atoms with Crippen LogP contribution in [0.3, 0.4) is 0 Å². The first kappa shape index (κ1) is 17.3. The standard InChI is InChI=1S/C17H19N3O4/c1-11(21)19-10-13-8-12(6-7-18-13)17(22)20-15-5-4-14(23-2)9-16(15)24-3/h4-9H,10H2,1-3H3,(H,19,21)(H,20,22). The fourth-order valence-electron chi connectivity index (χ4n) is 2.03. The number of hydrogen-bond donors (Lipinski definition) is 2. The maximum Gasteiger partial charge on any atom is 0.255 e. The normalized spacial score (nSPS) is 9.96. The highest BCUT2D eigenvalue weighted by molar-refractivity contribution is 6.05. The molecule has 0 saturated carbocycles. The summed E-state index contributed by atoms with van der Waals surface area (Å²) in [4.78, 5) is 27.5. The maximum absolute atomic E-state index is 12.4. The van der Waals surface area contributed by atoms with Crippen LogP contribution in [0.15, 0.2) is 36.5 Å². The van der Waals surface area contributed by atoms with E-state index in [0.29, 0.717) is 28.4 Å². The molecule has 1 aromatic heterocycles. The zero-order valence-electron chi connectivity index (χ0n) is 13.8. The predicted molar refractivity (Wildman–Crippen MR) is 89.3 cm³/mol. The monoisotopic (exact) mass is 329 g/mol. The van der Waals surface area contributed by atoms with Gasteiger partial charge in [-0.1, -0.05) is 0 Å². The first-order chi connectivity index (χ1) is 11.5. The second-order valence-electron chi connectivity index (χ2n) is 4.97. The fourth-order valence-corrected chi connectivity index (χ4v) is 2.03. The van der Waals surface area contributed by atoms with E-state index in [1.807, 2.05) is 0 Å². The van der Waals surface area contributed by atoms with Gasteiger partial charge < -0.3 is 20.1 Å². The molecule has 0 fully saturated rings. The summed E-state index contributed by atoms with van der Waals surface area (Å²) in [5.74, 6) is 0.668. The summed E-state index contributed by atoms with van der Waals surface area (Å²) >= 11 is 0. The number of benzene rings is 1. The number of ether oxygens (including phenoxy) is 2. The fraction of sp³-hybridized carbons (Fsp3) is 0.235. The van der Waals surface area contributed by atoms with Gasteiger partial charge in [-0.05, 0) is 24.3 Å². The number of nitrogens with zero attached hydrogens (tertiary/aromatic N) is 1. The van der Waals surface area contributed by atoms with Crippen molar-refractivity contribution in [2.75, 3.05) is 19.5 Å². The van der Waals surface area contributed by atoms with Gasteiger partial charge in [0.15, 0.2) is 0 Å². The highest BCUT2D eigenvalue weighted by atomic mass is 16.5. The molecule has 2 amide bonds. The summed E-state index contributed by atoms with van der Waals surface area (Å²) in [6.45, 7) is 1.69. The number of rotatable bonds is 6. The highest BCUT2D eigenvalue weighted by Crippen LogP contribution is 2.29. The molecule has 2 rings (SSSR count). The predicted octanol–water partition coefficient (Wildman–Crippen LogP) is 1.99. The summed E-state index contributed by atoms with van der Waals surface area (Å²) in [7, 11) is 3.07. The molecule has 2 N–H and O–H groups in total. The maximum atomic E-state index is 12.4. The van der Waals surface area contributed by atoms with Crippen molar-refractivity contribution in [3.8, 4) is 11.5 Å². The van der Waals surface area contributed by atoms with Crippen molar-refractivity contribution in [1.82, 2.24) is 10.3 Å². The van der Waals surface area contributed by atoms with E-state index in [-0.39, 0.29) is 18.4 Å². The van der Waals surface area contributed by atoms with Crippen molar-refractivity contribution in [3.63, 3.8) is 0 Å². The molecule has 24 heavy (non-hydrogen) atoms. The van der Waals surface area contributed by atoms with Gasteiger partial charge in [-0.2, -0.15) is 0 Å². The topological polar surface area (TPSA) is 89.5 Å². The van der Waals surface area contributed by atoms with Crippen LogP contribution < -0.4 is 20.1 Å². The van der Waals surface area contributed by atoms with E-state index in [0.717, 1.165) is 0 Å². The van der Waals surface area contributed by atoms with Crippen molar-refractivity contribution >= 4 is 17.5 Å². The van der Waals surface area contributed by atoms with Crippen LogP contribution in [0.5, 0.6) is 11.5 Å². The summed E-state index contributed by atoms with van der Waals surface area (Å²) < 4.78 is 10.4. The summed E-state index contributed by atoms with van der Waals surface area (Å²) in [5.41, 5.74) is 1.56. The van der Waals surface area contributed by atoms with Crippen LogP contribution in [0.25, 0.3) is 0 Å². The van der Waals surface area contributed by atoms with Gasteiger partial charge >= 0.3 is 0 Å². The van der Waals surface area contributed by atoms with Gasteiger partial charge in [0, 0.05) is 24.8 Å². The number of methoxy groups -OCH3 is 2. The third kappa shape index (κ3) is 4.45. The number of aromatic nitrogens is 1. The Morgan fingerprint density at radius 1 is 1.12 bits per heavy atom. The van der Waals surface area contributed by atoms with E-state index in [2.05, 4.69) is 15.6 Å². The lowest BCUT2D eigenvalue weighted by Crippen LogP contribution is -2.20. The molecule has 0 saturated heterocycles. The van der Waals surface area contributed by atoms with Crippen molar-refractivity contribution in [1.29, 1.82) is 0 Å². The van der Waals surface area contributed by atoms with Crippen LogP contribution in [-0.2, 0) is 11.3 Å². The molecule has 126 valence electrons. The van der Waals surface area contributed by atoms with Crippen LogP contribution in [0.1, 0.15) is 23.0 Å². The zero-order valence-corrected chi connectivity index (χ0v) is 13.8. The number of carbonyl (C=O) groups excluding carboxylic acids is 2. The van der Waals surface area contributed by atoms with Crippen LogP contribution in [0.2, 0.25) is 0 Å². The molecular formula is C17H19N3O4. The summed E-state index contributed by atoms with van der Waals surface area (Å²) in [6.07, 6.45) is 1.53. The third-order valence-electron chi connectivity index (χ3n) is 3.25. The van der Waals surface area contributed by atoms with Gasteiger partial charge in [-0.3, -0.25) is 14.6 Å². The molecule has 7 nitrogen and oxygen atoms in total. The number of amides is 2. The van der Waals surface area contributed by atoms with Gasteiger partial charge in [-0.25, -0.2) is 0 Å². The molecule has 0 aliphatic heterocycles. The van der Waals surface area contributed by atoms with Crippen molar-refractivity contribution < 1.29 is 19.1 Å². The minimum absolute atomic E-state index is 0.158. The molecule has 2 aromatic rings. The van der Waals surface area contributed by atoms with Crippen LogP contribution in [-0.4, -0.2) is 31.0 Å². The van der Waals surface area contributed by atoms with Gasteiger partial charge in [0.05, 0.1) is 32.1 Å². The van der Waals surface area contributed by atoms with Crippen molar-refractivity contribution in [2.45, 2.75) is 13.5 Å². The first-order valence-electron chi connectivity index (χ1n) is 7.26. The molecule has 0 aliphatic rings. The average molecular weight is 329 g/mol. The minimum Gasteiger partial charge on any atom is -0.497 e. The van der Waals surface area contributed by atoms with E-state index in [1.165, 1.54) is 20.2 Å². The Hall–Kier alpha value is -3.09. The molecule has 0 aliphatic carbocycles. The molecule has 0 spiro atoms. The van der Waals surface area contributed by atoms with E-state index < -0.39 is 0 Å². The second kappa shape index (κ2) is 7.96. The van der Waals surface area contributed by atoms with E-state index in [1.54, 1.807) is 37.4 Å². The van der Waals surface area contributed by atoms with Gasteiger partial charge in [0.2, 0.25) is 5.91 Å². The molecule has 0 bridgehead atoms. The quantitative estimate of drug-likeness (QED) is 0.846. The molecule has 7 heteroatoms. The van der Waals surface area contributed by atoms with Crippen molar-refractivity contribution in [3.05, 3.63) is 47.8 Å². The lowest BCUT2D eigenvalue weighted by molar-refractivity contribution is -0.119. The zero-order chi connectivity index (χ0) is 17.5. The van der Waals surface area contributed by atoms with Crippen LogP contribution in [0, 0.1) is 0 Å². The Labute approximate surface area is 140 Å². The Balaban J connectivity index is 2.15. The Morgan fingerprint density at radius 2 is 1.92 bits per heavy atom. The SMILES string of the molecule is COc1ccc(NC(=O)c2ccnc(CNC(C)=O)c2)c(OC)c1. The molecule has 1 aromatic carbocycles. The summed E-state index contributed by atoms with van der Waals surface area (Å²) in [6, 6.07) is 8.34. The number of pyridine rings is 1. The molecular weight excluding hydrogens is 310 g/mol. The Kier molecular flexibility index (Phi) is 5.73. The minimum atomic E-state index is -0.301. The highest BCUT2D eigenvalue weighted by Gasteiger charge is 2.11. The summed E-state index contributed by atoms with van der Waals surface area (Å²) in [5, 5.41) is 5.43. The Morgan fingerprint density at radius 3 is 2.58 bits per heavy atom. The van der Waals surface area contributed by atoms with Crippen molar-refractivity contribution in [2.24, 2.45) is 0 Å². The smallest absolute Gasteiger partial charge is 0.255 e. The lowest BCUT2D eigenvalue weighted by Gasteiger charge is -2.12. The average Bonchev–Trinajstić information content (AvgIpc) is 2.60. The van der Waals surface area contributed by atoms with Gasteiger partial charge in [0.1, 0.15) is 11.5 Å².